The van der Waals surface area contributed by atoms with Gasteiger partial charge in [-0.25, -0.2) is 19.2 Å². The van der Waals surface area contributed by atoms with E-state index in [1.54, 1.807) is 58.9 Å². The Bertz CT molecular complexity index is 2720. The number of fused-ring (bicyclic) bond motifs is 5. The SMILES string of the molecule is CC/C=C\C/C=C\C/C=C\C/C=C\C/C=C\C/C=C\CCC(=O)O[C@@H](C(=O)O[C@H]1C[C@@]2(O)[C@@H](OC(=O)c3ccccc3)C3[C@](C)(C(=O)[C@H](OC(=O)OC)C(=C1C)C2(C)C)[C@@H](O)C[C@H]1OC[C@@]31OC(C)=O)[C@H](C=C(C)C)NC(=O)OC(C)(C)C. The summed E-state index contributed by atoms with van der Waals surface area (Å²) in [6.45, 7) is 17.1. The summed E-state index contributed by atoms with van der Waals surface area (Å²) in [5.41, 5.74) is -8.63. The molecule has 3 aliphatic carbocycles. The molecular weight excluding hydrogens is 1070 g/mol. The molecule has 5 rings (SSSR count). The second kappa shape index (κ2) is 29.6. The minimum Gasteiger partial charge on any atom is -0.455 e. The van der Waals surface area contributed by atoms with Gasteiger partial charge in [-0.05, 0) is 117 Å². The number of ether oxygens (including phenoxy) is 8. The zero-order valence-corrected chi connectivity index (χ0v) is 50.3. The summed E-state index contributed by atoms with van der Waals surface area (Å²) >= 11 is 0. The lowest BCUT2D eigenvalue weighted by Crippen LogP contribution is -2.82. The van der Waals surface area contributed by atoms with Crippen molar-refractivity contribution >= 4 is 41.9 Å². The quantitative estimate of drug-likeness (QED) is 0.0495. The van der Waals surface area contributed by atoms with E-state index in [0.29, 0.717) is 12.0 Å². The van der Waals surface area contributed by atoms with Crippen LogP contribution in [0.4, 0.5) is 9.59 Å². The molecule has 83 heavy (non-hydrogen) atoms. The van der Waals surface area contributed by atoms with Gasteiger partial charge in [0.1, 0.15) is 29.5 Å². The highest BCUT2D eigenvalue weighted by Gasteiger charge is 2.78. The van der Waals surface area contributed by atoms with E-state index in [1.807, 2.05) is 18.2 Å². The molecule has 0 aromatic heterocycles. The van der Waals surface area contributed by atoms with Gasteiger partial charge in [0.05, 0.1) is 42.8 Å². The average Bonchev–Trinajstić information content (AvgIpc) is 0.708. The fourth-order valence-corrected chi connectivity index (χ4v) is 11.5. The van der Waals surface area contributed by atoms with Gasteiger partial charge in [0.2, 0.25) is 6.10 Å². The number of nitrogens with one attached hydrogen (secondary N) is 1. The van der Waals surface area contributed by atoms with Gasteiger partial charge >= 0.3 is 36.1 Å². The molecule has 11 atom stereocenters. The van der Waals surface area contributed by atoms with E-state index in [-0.39, 0.29) is 42.6 Å². The van der Waals surface area contributed by atoms with Crippen LogP contribution in [0, 0.1) is 16.7 Å². The Hall–Kier alpha value is -6.89. The molecule has 1 aromatic carbocycles. The van der Waals surface area contributed by atoms with Crippen LogP contribution in [-0.4, -0.2) is 125 Å². The first-order valence-corrected chi connectivity index (χ1v) is 28.6. The lowest BCUT2D eigenvalue weighted by molar-refractivity contribution is -0.346. The van der Waals surface area contributed by atoms with Gasteiger partial charge in [0.15, 0.2) is 17.5 Å². The molecule has 2 bridgehead atoms. The number of methoxy groups -OCH3 is 1. The molecular formula is C65H87NO17. The number of alkyl carbamates (subject to hydrolysis) is 1. The Morgan fingerprint density at radius 3 is 1.89 bits per heavy atom. The summed E-state index contributed by atoms with van der Waals surface area (Å²) in [6, 6.07) is 6.39. The molecule has 1 aromatic rings. The highest BCUT2D eigenvalue weighted by Crippen LogP contribution is 2.64. The molecule has 4 aliphatic rings. The highest BCUT2D eigenvalue weighted by molar-refractivity contribution is 5.95. The third-order valence-corrected chi connectivity index (χ3v) is 15.7. The maximum absolute atomic E-state index is 15.8. The molecule has 18 heteroatoms. The Balaban J connectivity index is 1.51. The minimum atomic E-state index is -2.49. The van der Waals surface area contributed by atoms with Gasteiger partial charge in [-0.15, -0.1) is 0 Å². The second-order valence-electron chi connectivity index (χ2n) is 23.4. The van der Waals surface area contributed by atoms with Crippen molar-refractivity contribution in [2.45, 2.75) is 200 Å². The van der Waals surface area contributed by atoms with Crippen molar-refractivity contribution in [2.24, 2.45) is 16.7 Å². The predicted octanol–water partition coefficient (Wildman–Crippen LogP) is 10.7. The van der Waals surface area contributed by atoms with Crippen molar-refractivity contribution < 1.29 is 81.7 Å². The minimum absolute atomic E-state index is 0.0363. The zero-order valence-electron chi connectivity index (χ0n) is 50.3. The molecule has 3 N–H and O–H groups in total. The molecule has 0 spiro atoms. The molecule has 1 saturated heterocycles. The Kier molecular flexibility index (Phi) is 23.8. The number of aliphatic hydroxyl groups is 2. The summed E-state index contributed by atoms with van der Waals surface area (Å²) in [4.78, 5) is 99.5. The normalized spacial score (nSPS) is 27.5. The van der Waals surface area contributed by atoms with E-state index in [2.05, 4.69) is 60.8 Å². The summed E-state index contributed by atoms with van der Waals surface area (Å²) in [5, 5.41) is 28.9. The molecule has 0 radical (unpaired) electrons. The summed E-state index contributed by atoms with van der Waals surface area (Å²) in [6.07, 6.45) is 18.2. The number of esters is 4. The highest BCUT2D eigenvalue weighted by atomic mass is 16.7. The van der Waals surface area contributed by atoms with E-state index in [4.69, 9.17) is 37.9 Å². The summed E-state index contributed by atoms with van der Waals surface area (Å²) < 4.78 is 47.2. The number of ketones is 1. The van der Waals surface area contributed by atoms with Gasteiger partial charge in [-0.3, -0.25) is 14.4 Å². The number of carbonyl (C=O) groups is 7. The van der Waals surface area contributed by atoms with Crippen LogP contribution in [0.2, 0.25) is 0 Å². The van der Waals surface area contributed by atoms with Gasteiger partial charge in [0.25, 0.3) is 0 Å². The van der Waals surface area contributed by atoms with Crippen LogP contribution in [0.5, 0.6) is 0 Å². The molecule has 1 heterocycles. The van der Waals surface area contributed by atoms with Crippen molar-refractivity contribution in [2.75, 3.05) is 13.7 Å². The number of carbonyl (C=O) groups excluding carboxylic acids is 7. The van der Waals surface area contributed by atoms with Crippen LogP contribution < -0.4 is 5.32 Å². The van der Waals surface area contributed by atoms with Crippen LogP contribution in [0.3, 0.4) is 0 Å². The first kappa shape index (κ1) is 66.9. The first-order chi connectivity index (χ1) is 39.2. The smallest absolute Gasteiger partial charge is 0.455 e. The van der Waals surface area contributed by atoms with Gasteiger partial charge in [-0.2, -0.15) is 0 Å². The Labute approximate surface area is 489 Å². The van der Waals surface area contributed by atoms with E-state index in [9.17, 15) is 34.2 Å². The number of Topliss-reactive ketones (excluding diaryl/α,β-unsaturated/α-hetero) is 1. The zero-order chi connectivity index (χ0) is 61.3. The van der Waals surface area contributed by atoms with Gasteiger partial charge in [0, 0.05) is 31.6 Å². The van der Waals surface area contributed by atoms with Crippen LogP contribution in [0.15, 0.2) is 126 Å². The lowest BCUT2D eigenvalue weighted by atomic mass is 9.44. The lowest BCUT2D eigenvalue weighted by Gasteiger charge is -2.67. The number of benzene rings is 1. The molecule has 3 fully saturated rings. The molecule has 454 valence electrons. The van der Waals surface area contributed by atoms with E-state index < -0.39 is 125 Å². The number of amides is 1. The Morgan fingerprint density at radius 2 is 1.39 bits per heavy atom. The number of hydrogen-bond donors (Lipinski definition) is 3. The standard InChI is InChI=1S/C65H87NO17/c1-13-14-15-16-17-18-19-20-21-22-23-24-25-26-27-28-29-30-34-37-50(69)79-52(46(38-42(2)3)66-59(73)83-61(6,7)8)58(72)78-47-40-65(75)56(81-57(71)45-35-32-31-33-36-45)54-63(11,48(68)39-49-64(54,41-77-49)82-44(5)67)55(70)53(80-60(74)76-12)51(43(47)4)62(65,9)10/h14-15,17-18,20-21,23-24,26-27,29-33,35-36,38,46-49,52-54,56,68,75H,13,16,19,22,25,28,34,37,39-41H2,1-12H3,(H,66,73)/b15-14-,18-17-,21-20-,24-23-,27-26-,30-29-/t46-,47-,48-,49+,52+,53+,54?,56-,63+,64-,65+/m0/s1. The van der Waals surface area contributed by atoms with Gasteiger partial charge < -0.3 is 53.4 Å². The first-order valence-electron chi connectivity index (χ1n) is 28.6. The molecule has 2 saturated carbocycles. The van der Waals surface area contributed by atoms with Crippen molar-refractivity contribution in [1.29, 1.82) is 0 Å². The van der Waals surface area contributed by atoms with Crippen molar-refractivity contribution in [1.82, 2.24) is 5.32 Å². The maximum Gasteiger partial charge on any atom is 0.509 e. The summed E-state index contributed by atoms with van der Waals surface area (Å²) in [7, 11) is 1.02. The monoisotopic (exact) mass is 1150 g/mol. The topological polar surface area (TPSA) is 246 Å². The fourth-order valence-electron chi connectivity index (χ4n) is 11.5. The van der Waals surface area contributed by atoms with Crippen LogP contribution >= 0.6 is 0 Å². The number of allylic oxidation sites excluding steroid dienone is 13. The largest absolute Gasteiger partial charge is 0.509 e. The number of rotatable bonds is 24. The Morgan fingerprint density at radius 1 is 0.819 bits per heavy atom. The molecule has 1 unspecified atom stereocenters. The molecule has 1 aliphatic heterocycles. The third-order valence-electron chi connectivity index (χ3n) is 15.7. The van der Waals surface area contributed by atoms with E-state index in [1.165, 1.54) is 45.9 Å². The molecule has 1 amide bonds. The van der Waals surface area contributed by atoms with Gasteiger partial charge in [-0.1, -0.05) is 124 Å². The van der Waals surface area contributed by atoms with Crippen LogP contribution in [-0.2, 0) is 57.1 Å². The second-order valence-corrected chi connectivity index (χ2v) is 23.4. The number of aliphatic hydroxyl groups excluding tert-OH is 1. The third kappa shape index (κ3) is 16.5. The summed E-state index contributed by atoms with van der Waals surface area (Å²) in [5.74, 6) is -6.42. The van der Waals surface area contributed by atoms with Crippen LogP contribution in [0.25, 0.3) is 0 Å². The van der Waals surface area contributed by atoms with Crippen molar-refractivity contribution in [3.8, 4) is 0 Å². The molecule has 18 nitrogen and oxygen atoms in total. The van der Waals surface area contributed by atoms with Crippen molar-refractivity contribution in [3.05, 3.63) is 132 Å². The predicted molar refractivity (Wildman–Crippen MR) is 310 cm³/mol. The van der Waals surface area contributed by atoms with E-state index in [0.717, 1.165) is 46.1 Å². The van der Waals surface area contributed by atoms with Crippen LogP contribution in [0.1, 0.15) is 151 Å². The fraction of sp³-hybridized carbons (Fsp3) is 0.554. The average molecular weight is 1150 g/mol. The van der Waals surface area contributed by atoms with E-state index >= 15 is 9.59 Å². The number of hydrogen-bond acceptors (Lipinski definition) is 17. The van der Waals surface area contributed by atoms with Crippen molar-refractivity contribution in [3.63, 3.8) is 0 Å². The maximum atomic E-state index is 15.8.